The molecule has 5 rings (SSSR count). The van der Waals surface area contributed by atoms with Gasteiger partial charge in [-0.2, -0.15) is 31.3 Å². The molecule has 2 aromatic carbocycles. The Labute approximate surface area is 240 Å². The van der Waals surface area contributed by atoms with Crippen molar-refractivity contribution < 1.29 is 39.5 Å². The average Bonchev–Trinajstić information content (AvgIpc) is 2.94. The van der Waals surface area contributed by atoms with Crippen molar-refractivity contribution in [3.05, 3.63) is 76.7 Å². The zero-order chi connectivity index (χ0) is 31.0. The van der Waals surface area contributed by atoms with Crippen molar-refractivity contribution in [1.29, 1.82) is 0 Å². The Balaban J connectivity index is 1.48. The van der Waals surface area contributed by atoms with E-state index in [0.29, 0.717) is 23.4 Å². The Kier molecular flexibility index (Phi) is 8.20. The number of hydrogen-bond donors (Lipinski definition) is 2. The van der Waals surface area contributed by atoms with Gasteiger partial charge < -0.3 is 15.4 Å². The summed E-state index contributed by atoms with van der Waals surface area (Å²) in [5.41, 5.74) is -0.204. The van der Waals surface area contributed by atoms with E-state index >= 15 is 0 Å². The number of nitrogens with one attached hydrogen (secondary N) is 2. The monoisotopic (exact) mass is 627 g/mol. The molecule has 1 aliphatic heterocycles. The van der Waals surface area contributed by atoms with Crippen LogP contribution in [0, 0.1) is 0 Å². The molecule has 0 radical (unpaired) electrons. The summed E-state index contributed by atoms with van der Waals surface area (Å²) >= 11 is 0. The van der Waals surface area contributed by atoms with E-state index < -0.39 is 44.9 Å². The van der Waals surface area contributed by atoms with Gasteiger partial charge in [0.1, 0.15) is 12.2 Å². The van der Waals surface area contributed by atoms with Crippen molar-refractivity contribution in [2.75, 3.05) is 30.8 Å². The normalized spacial score (nSPS) is 16.4. The molecular weight excluding hydrogens is 604 g/mol. The maximum Gasteiger partial charge on any atom is 0.406 e. The lowest BCUT2D eigenvalue weighted by molar-refractivity contribution is -0.140. The maximum absolute atomic E-state index is 13.5. The lowest BCUT2D eigenvalue weighted by atomic mass is 10.1. The second-order valence-corrected chi connectivity index (χ2v) is 11.7. The summed E-state index contributed by atoms with van der Waals surface area (Å²) in [6, 6.07) is 12.2. The highest BCUT2D eigenvalue weighted by atomic mass is 32.2. The molecule has 16 heteroatoms. The first kappa shape index (κ1) is 30.4. The summed E-state index contributed by atoms with van der Waals surface area (Å²) in [7, 11) is -4.73. The number of nitrogens with zero attached hydrogens (tertiary/aromatic N) is 3. The molecule has 0 saturated carbocycles. The van der Waals surface area contributed by atoms with E-state index in [1.165, 1.54) is 12.3 Å². The number of ether oxygens (including phenoxy) is 1. The average molecular weight is 628 g/mol. The molecule has 0 amide bonds. The fourth-order valence-corrected chi connectivity index (χ4v) is 5.73. The van der Waals surface area contributed by atoms with E-state index in [1.807, 2.05) is 12.1 Å². The van der Waals surface area contributed by atoms with Crippen LogP contribution >= 0.6 is 0 Å². The minimum absolute atomic E-state index is 0.00628. The van der Waals surface area contributed by atoms with E-state index in [-0.39, 0.29) is 34.2 Å². The highest BCUT2D eigenvalue weighted by Crippen LogP contribution is 2.28. The van der Waals surface area contributed by atoms with Gasteiger partial charge in [-0.15, -0.1) is 0 Å². The zero-order valence-corrected chi connectivity index (χ0v) is 22.9. The molecule has 3 heterocycles. The van der Waals surface area contributed by atoms with Crippen LogP contribution in [0.5, 0.6) is 0 Å². The Morgan fingerprint density at radius 2 is 1.70 bits per heavy atom. The van der Waals surface area contributed by atoms with Crippen LogP contribution in [0.2, 0.25) is 0 Å². The number of pyridine rings is 1. The van der Waals surface area contributed by atoms with Crippen LogP contribution in [0.15, 0.2) is 70.5 Å². The molecule has 2 aromatic heterocycles. The van der Waals surface area contributed by atoms with Crippen molar-refractivity contribution in [3.63, 3.8) is 0 Å². The van der Waals surface area contributed by atoms with Gasteiger partial charge in [-0.3, -0.25) is 9.36 Å². The quantitative estimate of drug-likeness (QED) is 0.282. The van der Waals surface area contributed by atoms with Gasteiger partial charge >= 0.3 is 12.4 Å². The van der Waals surface area contributed by atoms with Crippen molar-refractivity contribution in [3.8, 4) is 11.1 Å². The number of benzene rings is 2. The molecule has 0 bridgehead atoms. The summed E-state index contributed by atoms with van der Waals surface area (Å²) in [6.07, 6.45) is -8.68. The first-order valence-corrected chi connectivity index (χ1v) is 14.4. The summed E-state index contributed by atoms with van der Waals surface area (Å²) in [5, 5.41) is 6.20. The van der Waals surface area contributed by atoms with E-state index in [1.54, 1.807) is 12.1 Å². The predicted molar refractivity (Wildman–Crippen MR) is 145 cm³/mol. The molecule has 2 N–H and O–H groups in total. The molecule has 9 nitrogen and oxygen atoms in total. The number of alkyl halides is 6. The summed E-state index contributed by atoms with van der Waals surface area (Å²) in [6.45, 7) is 0.305. The van der Waals surface area contributed by atoms with Crippen molar-refractivity contribution in [1.82, 2.24) is 19.9 Å². The van der Waals surface area contributed by atoms with E-state index in [4.69, 9.17) is 4.74 Å². The molecule has 1 fully saturated rings. The highest BCUT2D eigenvalue weighted by Gasteiger charge is 2.36. The molecule has 1 unspecified atom stereocenters. The predicted octanol–water partition coefficient (Wildman–Crippen LogP) is 4.76. The molecule has 43 heavy (non-hydrogen) atoms. The Hall–Kier alpha value is -4.02. The third-order valence-corrected chi connectivity index (χ3v) is 8.21. The standard InChI is InChI=1S/C27H23F6N5O4S/c28-26(29,30)14-38-23-18(11-21(24(38)39)16-3-7-20(8-4-16)43(40,41)15-27(31,32)33)12-35-25(37-23)36-19-5-1-17(2-6-19)22-13-34-9-10-42-22/h1-8,11-12,22,34H,9-10,13-15H2,(H,35,36,37). The van der Waals surface area contributed by atoms with Gasteiger partial charge in [0, 0.05) is 35.9 Å². The van der Waals surface area contributed by atoms with Gasteiger partial charge in [-0.05, 0) is 41.5 Å². The molecular formula is C27H23F6N5O4S. The lowest BCUT2D eigenvalue weighted by Crippen LogP contribution is -2.33. The topological polar surface area (TPSA) is 115 Å². The van der Waals surface area contributed by atoms with Crippen LogP contribution < -0.4 is 16.2 Å². The second kappa shape index (κ2) is 11.6. The summed E-state index contributed by atoms with van der Waals surface area (Å²) < 4.78 is 109. The van der Waals surface area contributed by atoms with E-state index in [9.17, 15) is 39.6 Å². The molecule has 0 aliphatic carbocycles. The van der Waals surface area contributed by atoms with Gasteiger partial charge in [-0.1, -0.05) is 24.3 Å². The summed E-state index contributed by atoms with van der Waals surface area (Å²) in [4.78, 5) is 21.0. The van der Waals surface area contributed by atoms with Crippen molar-refractivity contribution in [2.24, 2.45) is 0 Å². The fourth-order valence-electron chi connectivity index (χ4n) is 4.58. The van der Waals surface area contributed by atoms with Crippen LogP contribution in [-0.4, -0.2) is 60.8 Å². The van der Waals surface area contributed by atoms with Gasteiger partial charge in [0.05, 0.1) is 17.6 Å². The third kappa shape index (κ3) is 7.32. The van der Waals surface area contributed by atoms with Gasteiger partial charge in [-0.25, -0.2) is 13.4 Å². The van der Waals surface area contributed by atoms with Crippen LogP contribution in [0.1, 0.15) is 11.7 Å². The van der Waals surface area contributed by atoms with Gasteiger partial charge in [0.2, 0.25) is 5.95 Å². The molecule has 1 atom stereocenters. The molecule has 4 aromatic rings. The first-order valence-electron chi connectivity index (χ1n) is 12.8. The van der Waals surface area contributed by atoms with Gasteiger partial charge in [0.15, 0.2) is 15.6 Å². The second-order valence-electron chi connectivity index (χ2n) is 9.75. The Morgan fingerprint density at radius 1 is 1.00 bits per heavy atom. The zero-order valence-electron chi connectivity index (χ0n) is 22.0. The van der Waals surface area contributed by atoms with E-state index in [0.717, 1.165) is 36.4 Å². The van der Waals surface area contributed by atoms with Crippen molar-refractivity contribution in [2.45, 2.75) is 29.9 Å². The maximum atomic E-state index is 13.5. The minimum Gasteiger partial charge on any atom is -0.371 e. The number of anilines is 2. The van der Waals surface area contributed by atoms with Crippen LogP contribution in [0.4, 0.5) is 38.0 Å². The Morgan fingerprint density at radius 3 is 2.30 bits per heavy atom. The summed E-state index contributed by atoms with van der Waals surface area (Å²) in [5.74, 6) is -2.16. The number of halogens is 6. The molecule has 1 saturated heterocycles. The fraction of sp³-hybridized carbons (Fsp3) is 0.296. The van der Waals surface area contributed by atoms with Crippen LogP contribution in [-0.2, 0) is 21.1 Å². The number of morpholine rings is 1. The number of aromatic nitrogens is 3. The number of rotatable bonds is 7. The first-order chi connectivity index (χ1) is 20.2. The molecule has 228 valence electrons. The number of sulfone groups is 1. The highest BCUT2D eigenvalue weighted by molar-refractivity contribution is 7.91. The molecule has 0 spiro atoms. The van der Waals surface area contributed by atoms with Crippen molar-refractivity contribution >= 4 is 32.5 Å². The van der Waals surface area contributed by atoms with Gasteiger partial charge in [0.25, 0.3) is 5.56 Å². The van der Waals surface area contributed by atoms with Crippen LogP contribution in [0.25, 0.3) is 22.2 Å². The lowest BCUT2D eigenvalue weighted by Gasteiger charge is -2.24. The number of hydrogen-bond acceptors (Lipinski definition) is 8. The smallest absolute Gasteiger partial charge is 0.371 e. The Bertz CT molecular complexity index is 1790. The number of fused-ring (bicyclic) bond motifs is 1. The molecule has 1 aliphatic rings. The largest absolute Gasteiger partial charge is 0.406 e. The minimum atomic E-state index is -4.97. The third-order valence-electron chi connectivity index (χ3n) is 6.51. The van der Waals surface area contributed by atoms with Crippen LogP contribution in [0.3, 0.4) is 0 Å². The SMILES string of the molecule is O=c1c(-c2ccc(S(=O)(=O)CC(F)(F)F)cc2)cc2cnc(Nc3ccc(C4CNCCO4)cc3)nc2n1CC(F)(F)F. The van der Waals surface area contributed by atoms with E-state index in [2.05, 4.69) is 20.6 Å².